The Hall–Kier alpha value is -2.21. The number of pyridine rings is 1. The van der Waals surface area contributed by atoms with E-state index in [4.69, 9.17) is 4.74 Å². The number of aromatic nitrogens is 1. The molecule has 2 rings (SSSR count). The third kappa shape index (κ3) is 3.88. The first kappa shape index (κ1) is 15.2. The predicted molar refractivity (Wildman–Crippen MR) is 84.6 cm³/mol. The molecular formula is C15H14BrN3O2. The predicted octanol–water partition coefficient (Wildman–Crippen LogP) is 3.01. The number of nitrogens with zero attached hydrogens (tertiary/aromatic N) is 2. The molecular weight excluding hydrogens is 334 g/mol. The SMILES string of the molecule is COc1ccc(/C(C)=N/NC(=O)c2cccnc2)cc1Br. The molecule has 1 heterocycles. The van der Waals surface area contributed by atoms with Crippen molar-refractivity contribution in [3.8, 4) is 5.75 Å². The minimum atomic E-state index is -0.296. The van der Waals surface area contributed by atoms with Crippen LogP contribution in [0.15, 0.2) is 52.3 Å². The third-order valence-corrected chi connectivity index (χ3v) is 3.44. The quantitative estimate of drug-likeness (QED) is 0.682. The molecule has 108 valence electrons. The highest BCUT2D eigenvalue weighted by Crippen LogP contribution is 2.25. The van der Waals surface area contributed by atoms with Crippen molar-refractivity contribution in [1.82, 2.24) is 10.4 Å². The van der Waals surface area contributed by atoms with Crippen molar-refractivity contribution in [2.45, 2.75) is 6.92 Å². The lowest BCUT2D eigenvalue weighted by molar-refractivity contribution is 0.0954. The summed E-state index contributed by atoms with van der Waals surface area (Å²) < 4.78 is 6.00. The number of halogens is 1. The van der Waals surface area contributed by atoms with Gasteiger partial charge in [0.1, 0.15) is 5.75 Å². The number of carbonyl (C=O) groups excluding carboxylic acids is 1. The minimum Gasteiger partial charge on any atom is -0.496 e. The zero-order valence-electron chi connectivity index (χ0n) is 11.6. The van der Waals surface area contributed by atoms with Gasteiger partial charge in [0.05, 0.1) is 22.9 Å². The van der Waals surface area contributed by atoms with Gasteiger partial charge in [-0.05, 0) is 58.7 Å². The highest BCUT2D eigenvalue weighted by molar-refractivity contribution is 9.10. The average Bonchev–Trinajstić information content (AvgIpc) is 2.53. The maximum Gasteiger partial charge on any atom is 0.272 e. The van der Waals surface area contributed by atoms with E-state index in [1.807, 2.05) is 25.1 Å². The van der Waals surface area contributed by atoms with Gasteiger partial charge in [0, 0.05) is 12.4 Å². The lowest BCUT2D eigenvalue weighted by Crippen LogP contribution is -2.19. The summed E-state index contributed by atoms with van der Waals surface area (Å²) in [4.78, 5) is 15.8. The molecule has 0 aliphatic carbocycles. The number of hydrazone groups is 1. The standard InChI is InChI=1S/C15H14BrN3O2/c1-10(11-5-6-14(21-2)13(16)8-11)18-19-15(20)12-4-3-7-17-9-12/h3-9H,1-2H3,(H,19,20)/b18-10+. The fraction of sp³-hybridized carbons (Fsp3) is 0.133. The van der Waals surface area contributed by atoms with Gasteiger partial charge in [-0.2, -0.15) is 5.10 Å². The van der Waals surface area contributed by atoms with Crippen LogP contribution in [0.5, 0.6) is 5.75 Å². The number of methoxy groups -OCH3 is 1. The lowest BCUT2D eigenvalue weighted by Gasteiger charge is -2.06. The molecule has 1 amide bonds. The molecule has 6 heteroatoms. The van der Waals surface area contributed by atoms with E-state index in [9.17, 15) is 4.79 Å². The fourth-order valence-corrected chi connectivity index (χ4v) is 2.19. The second-order valence-electron chi connectivity index (χ2n) is 4.23. The number of amides is 1. The Morgan fingerprint density at radius 1 is 1.33 bits per heavy atom. The molecule has 0 fully saturated rings. The van der Waals surface area contributed by atoms with Crippen LogP contribution < -0.4 is 10.2 Å². The second-order valence-corrected chi connectivity index (χ2v) is 5.08. The van der Waals surface area contributed by atoms with Crippen molar-refractivity contribution in [2.75, 3.05) is 7.11 Å². The Balaban J connectivity index is 2.11. The number of carbonyl (C=O) groups is 1. The molecule has 0 aliphatic rings. The van der Waals surface area contributed by atoms with Crippen molar-refractivity contribution >= 4 is 27.5 Å². The maximum absolute atomic E-state index is 11.9. The normalized spacial score (nSPS) is 11.1. The summed E-state index contributed by atoms with van der Waals surface area (Å²) in [5, 5.41) is 4.09. The van der Waals surface area contributed by atoms with Crippen LogP contribution in [0.2, 0.25) is 0 Å². The molecule has 21 heavy (non-hydrogen) atoms. The third-order valence-electron chi connectivity index (χ3n) is 2.82. The van der Waals surface area contributed by atoms with Crippen LogP contribution in [0.25, 0.3) is 0 Å². The molecule has 5 nitrogen and oxygen atoms in total. The maximum atomic E-state index is 11.9. The largest absolute Gasteiger partial charge is 0.496 e. The molecule has 2 aromatic rings. The van der Waals surface area contributed by atoms with Crippen LogP contribution in [-0.2, 0) is 0 Å². The van der Waals surface area contributed by atoms with Gasteiger partial charge in [-0.3, -0.25) is 9.78 Å². The molecule has 0 saturated heterocycles. The van der Waals surface area contributed by atoms with Crippen LogP contribution in [0.3, 0.4) is 0 Å². The summed E-state index contributed by atoms with van der Waals surface area (Å²) in [6.45, 7) is 1.82. The molecule has 0 aliphatic heterocycles. The van der Waals surface area contributed by atoms with Crippen molar-refractivity contribution in [1.29, 1.82) is 0 Å². The zero-order chi connectivity index (χ0) is 15.2. The molecule has 0 radical (unpaired) electrons. The Kier molecular flexibility index (Phi) is 5.05. The summed E-state index contributed by atoms with van der Waals surface area (Å²) in [7, 11) is 1.61. The van der Waals surface area contributed by atoms with Gasteiger partial charge in [-0.25, -0.2) is 5.43 Å². The van der Waals surface area contributed by atoms with Crippen molar-refractivity contribution in [3.63, 3.8) is 0 Å². The summed E-state index contributed by atoms with van der Waals surface area (Å²) >= 11 is 3.42. The number of hydrogen-bond donors (Lipinski definition) is 1. The van der Waals surface area contributed by atoms with Crippen LogP contribution in [0.1, 0.15) is 22.8 Å². The molecule has 0 atom stereocenters. The number of nitrogens with one attached hydrogen (secondary N) is 1. The van der Waals surface area contributed by atoms with E-state index in [-0.39, 0.29) is 5.91 Å². The number of benzene rings is 1. The highest BCUT2D eigenvalue weighted by atomic mass is 79.9. The molecule has 0 spiro atoms. The van der Waals surface area contributed by atoms with E-state index < -0.39 is 0 Å². The molecule has 1 aromatic heterocycles. The molecule has 1 N–H and O–H groups in total. The van der Waals surface area contributed by atoms with Crippen LogP contribution in [0, 0.1) is 0 Å². The van der Waals surface area contributed by atoms with Crippen molar-refractivity contribution in [2.24, 2.45) is 5.10 Å². The smallest absolute Gasteiger partial charge is 0.272 e. The monoisotopic (exact) mass is 347 g/mol. The summed E-state index contributed by atoms with van der Waals surface area (Å²) in [6.07, 6.45) is 3.10. The average molecular weight is 348 g/mol. The Morgan fingerprint density at radius 3 is 2.76 bits per heavy atom. The van der Waals surface area contributed by atoms with Crippen LogP contribution >= 0.6 is 15.9 Å². The Labute approximate surface area is 131 Å². The molecule has 0 bridgehead atoms. The Morgan fingerprint density at radius 2 is 2.14 bits per heavy atom. The number of ether oxygens (including phenoxy) is 1. The van der Waals surface area contributed by atoms with E-state index in [0.717, 1.165) is 15.8 Å². The van der Waals surface area contributed by atoms with Crippen LogP contribution in [0.4, 0.5) is 0 Å². The minimum absolute atomic E-state index is 0.296. The molecule has 0 unspecified atom stereocenters. The van der Waals surface area contributed by atoms with Gasteiger partial charge in [0.2, 0.25) is 0 Å². The van der Waals surface area contributed by atoms with Gasteiger partial charge in [0.25, 0.3) is 5.91 Å². The first-order valence-electron chi connectivity index (χ1n) is 6.20. The second kappa shape index (κ2) is 6.99. The fourth-order valence-electron chi connectivity index (χ4n) is 1.65. The van der Waals surface area contributed by atoms with Crippen molar-refractivity contribution < 1.29 is 9.53 Å². The van der Waals surface area contributed by atoms with Gasteiger partial charge in [-0.1, -0.05) is 0 Å². The summed E-state index contributed by atoms with van der Waals surface area (Å²) in [5.41, 5.74) is 4.54. The summed E-state index contributed by atoms with van der Waals surface area (Å²) in [5.74, 6) is 0.445. The van der Waals surface area contributed by atoms with E-state index >= 15 is 0 Å². The molecule has 0 saturated carbocycles. The van der Waals surface area contributed by atoms with E-state index in [0.29, 0.717) is 11.3 Å². The summed E-state index contributed by atoms with van der Waals surface area (Å²) in [6, 6.07) is 8.97. The van der Waals surface area contributed by atoms with Gasteiger partial charge < -0.3 is 4.74 Å². The van der Waals surface area contributed by atoms with E-state index in [1.165, 1.54) is 6.20 Å². The van der Waals surface area contributed by atoms with Gasteiger partial charge >= 0.3 is 0 Å². The zero-order valence-corrected chi connectivity index (χ0v) is 13.2. The highest BCUT2D eigenvalue weighted by Gasteiger charge is 2.06. The molecule has 1 aromatic carbocycles. The first-order chi connectivity index (χ1) is 10.1. The van der Waals surface area contributed by atoms with Crippen LogP contribution in [-0.4, -0.2) is 23.7 Å². The Bertz CT molecular complexity index is 672. The van der Waals surface area contributed by atoms with E-state index in [2.05, 4.69) is 31.4 Å². The lowest BCUT2D eigenvalue weighted by atomic mass is 10.1. The van der Waals surface area contributed by atoms with E-state index in [1.54, 1.807) is 25.4 Å². The van der Waals surface area contributed by atoms with Crippen molar-refractivity contribution in [3.05, 3.63) is 58.3 Å². The number of hydrogen-bond acceptors (Lipinski definition) is 4. The van der Waals surface area contributed by atoms with Gasteiger partial charge in [-0.15, -0.1) is 0 Å². The first-order valence-corrected chi connectivity index (χ1v) is 6.99. The van der Waals surface area contributed by atoms with Gasteiger partial charge in [0.15, 0.2) is 0 Å². The number of rotatable bonds is 4. The topological polar surface area (TPSA) is 63.6 Å².